The van der Waals surface area contributed by atoms with Crippen molar-refractivity contribution in [3.63, 3.8) is 0 Å². The summed E-state index contributed by atoms with van der Waals surface area (Å²) in [7, 11) is 0. The third-order valence-corrected chi connectivity index (χ3v) is 9.23. The molecule has 0 aliphatic rings. The van der Waals surface area contributed by atoms with Crippen molar-refractivity contribution in [2.75, 3.05) is 0 Å². The van der Waals surface area contributed by atoms with Crippen LogP contribution in [-0.2, 0) is 12.4 Å². The lowest BCUT2D eigenvalue weighted by Crippen LogP contribution is -2.14. The van der Waals surface area contributed by atoms with Crippen LogP contribution in [0.25, 0.3) is 66.1 Å². The molecule has 0 atom stereocenters. The van der Waals surface area contributed by atoms with Crippen LogP contribution in [0.1, 0.15) is 27.8 Å². The summed E-state index contributed by atoms with van der Waals surface area (Å²) in [5.41, 5.74) is -0.680. The Bertz CT molecular complexity index is 2770. The van der Waals surface area contributed by atoms with Crippen molar-refractivity contribution in [1.82, 2.24) is 9.13 Å². The predicted octanol–water partition coefficient (Wildman–Crippen LogP) is 11.2. The number of para-hydroxylation sites is 2. The van der Waals surface area contributed by atoms with E-state index < -0.39 is 29.0 Å². The Hall–Kier alpha value is -7.03. The molecule has 0 radical (unpaired) electrons. The van der Waals surface area contributed by atoms with E-state index in [2.05, 4.69) is 18.2 Å². The van der Waals surface area contributed by atoms with E-state index in [4.69, 9.17) is 0 Å². The molecule has 8 rings (SSSR count). The second-order valence-electron chi connectivity index (χ2n) is 12.1. The van der Waals surface area contributed by atoms with E-state index in [9.17, 15) is 29.0 Å². The van der Waals surface area contributed by atoms with Gasteiger partial charge in [0.2, 0.25) is 0 Å². The van der Waals surface area contributed by atoms with Gasteiger partial charge in [-0.05, 0) is 78.4 Å². The summed E-state index contributed by atoms with van der Waals surface area (Å²) in [6.07, 6.45) is -10.3. The van der Waals surface area contributed by atoms with Gasteiger partial charge in [0.05, 0.1) is 79.5 Å². The van der Waals surface area contributed by atoms with Crippen molar-refractivity contribution in [2.24, 2.45) is 0 Å². The summed E-state index contributed by atoms with van der Waals surface area (Å²) in [5, 5.41) is 32.3. The first kappa shape index (κ1) is 32.2. The topological polar surface area (TPSA) is 81.2 Å². The van der Waals surface area contributed by atoms with Gasteiger partial charge in [0.1, 0.15) is 0 Å². The summed E-state index contributed by atoms with van der Waals surface area (Å²) >= 11 is 0. The van der Waals surface area contributed by atoms with E-state index in [1.54, 1.807) is 94.1 Å². The van der Waals surface area contributed by atoms with E-state index in [0.717, 1.165) is 6.07 Å². The van der Waals surface area contributed by atoms with Gasteiger partial charge < -0.3 is 9.13 Å². The number of hydrogen-bond donors (Lipinski definition) is 0. The first-order valence-corrected chi connectivity index (χ1v) is 15.7. The Morgan fingerprint density at radius 3 is 1.35 bits per heavy atom. The number of fused-ring (bicyclic) bond motifs is 6. The molecule has 6 aromatic carbocycles. The molecule has 250 valence electrons. The molecule has 0 saturated heterocycles. The van der Waals surface area contributed by atoms with Crippen LogP contribution in [0.2, 0.25) is 0 Å². The molecule has 2 heterocycles. The molecule has 0 bridgehead atoms. The number of aromatic nitrogens is 2. The Morgan fingerprint density at radius 1 is 0.442 bits per heavy atom. The molecule has 52 heavy (non-hydrogen) atoms. The lowest BCUT2D eigenvalue weighted by molar-refractivity contribution is -0.142. The lowest BCUT2D eigenvalue weighted by Gasteiger charge is -2.23. The molecule has 0 N–H and O–H groups in total. The van der Waals surface area contributed by atoms with E-state index >= 15 is 13.2 Å². The Balaban J connectivity index is 1.63. The van der Waals surface area contributed by atoms with Crippen LogP contribution in [0.3, 0.4) is 0 Å². The van der Waals surface area contributed by atoms with Gasteiger partial charge in [-0.15, -0.1) is 0 Å². The highest BCUT2D eigenvalue weighted by molar-refractivity contribution is 6.12. The van der Waals surface area contributed by atoms with E-state index in [1.807, 2.05) is 0 Å². The van der Waals surface area contributed by atoms with Crippen molar-refractivity contribution in [3.8, 4) is 40.7 Å². The average molecular weight is 696 g/mol. The highest BCUT2D eigenvalue weighted by atomic mass is 19.4. The van der Waals surface area contributed by atoms with Crippen molar-refractivity contribution >= 4 is 43.6 Å². The summed E-state index contributed by atoms with van der Waals surface area (Å²) < 4.78 is 90.5. The fourth-order valence-electron chi connectivity index (χ4n) is 7.08. The first-order chi connectivity index (χ1) is 24.9. The zero-order valence-corrected chi connectivity index (χ0v) is 26.5. The second-order valence-corrected chi connectivity index (χ2v) is 12.1. The van der Waals surface area contributed by atoms with Gasteiger partial charge in [-0.2, -0.15) is 42.1 Å². The van der Waals surface area contributed by atoms with Gasteiger partial charge in [0.15, 0.2) is 0 Å². The zero-order chi connectivity index (χ0) is 36.5. The Labute approximate surface area is 290 Å². The number of nitriles is 3. The summed E-state index contributed by atoms with van der Waals surface area (Å²) in [4.78, 5) is 0. The van der Waals surface area contributed by atoms with Gasteiger partial charge in [-0.1, -0.05) is 42.5 Å². The van der Waals surface area contributed by atoms with Crippen molar-refractivity contribution < 1.29 is 26.3 Å². The zero-order valence-electron chi connectivity index (χ0n) is 26.5. The van der Waals surface area contributed by atoms with E-state index in [0.29, 0.717) is 60.8 Å². The molecular weight excluding hydrogens is 676 g/mol. The number of alkyl halides is 6. The van der Waals surface area contributed by atoms with Crippen molar-refractivity contribution in [1.29, 1.82) is 15.8 Å². The molecule has 0 aliphatic carbocycles. The number of rotatable bonds is 3. The number of nitrogens with zero attached hydrogens (tertiary/aromatic N) is 5. The van der Waals surface area contributed by atoms with Crippen LogP contribution in [0, 0.1) is 34.0 Å². The first-order valence-electron chi connectivity index (χ1n) is 15.7. The second kappa shape index (κ2) is 11.5. The third-order valence-electron chi connectivity index (χ3n) is 9.23. The van der Waals surface area contributed by atoms with Gasteiger partial charge in [-0.25, -0.2) is 0 Å². The largest absolute Gasteiger partial charge is 0.417 e. The highest BCUT2D eigenvalue weighted by Gasteiger charge is 2.40. The van der Waals surface area contributed by atoms with Gasteiger partial charge in [-0.3, -0.25) is 0 Å². The van der Waals surface area contributed by atoms with Crippen molar-refractivity contribution in [2.45, 2.75) is 12.4 Å². The molecule has 11 heteroatoms. The Kier molecular flexibility index (Phi) is 7.13. The van der Waals surface area contributed by atoms with Gasteiger partial charge in [0.25, 0.3) is 0 Å². The smallest absolute Gasteiger partial charge is 0.308 e. The Morgan fingerprint density at radius 2 is 0.904 bits per heavy atom. The van der Waals surface area contributed by atoms with Crippen LogP contribution < -0.4 is 0 Å². The number of hydrogen-bond acceptors (Lipinski definition) is 3. The quantitative estimate of drug-likeness (QED) is 0.173. The maximum absolute atomic E-state index is 15.1. The molecule has 0 spiro atoms. The summed E-state index contributed by atoms with van der Waals surface area (Å²) in [5.74, 6) is 0. The standard InChI is InChI=1S/C41H19F6N5/c42-40(43,44)26-11-12-29(32(19-26)41(45,46)47)39-37(51-33-7-3-1-5-27(33)30-15-23(20-48)9-13-35(30)51)17-25(22-50)18-38(39)52-34-8-4-2-6-28(34)31-16-24(21-49)10-14-36(31)52/h1-19H. The van der Waals surface area contributed by atoms with Crippen LogP contribution in [-0.4, -0.2) is 9.13 Å². The van der Waals surface area contributed by atoms with E-state index in [-0.39, 0.29) is 28.6 Å². The summed E-state index contributed by atoms with van der Waals surface area (Å²) in [6.45, 7) is 0. The number of benzene rings is 6. The predicted molar refractivity (Wildman–Crippen MR) is 185 cm³/mol. The minimum atomic E-state index is -5.23. The molecule has 8 aromatic rings. The fraction of sp³-hybridized carbons (Fsp3) is 0.0488. The molecule has 0 unspecified atom stereocenters. The van der Waals surface area contributed by atoms with Crippen LogP contribution in [0.5, 0.6) is 0 Å². The third kappa shape index (κ3) is 4.93. The average Bonchev–Trinajstić information content (AvgIpc) is 3.65. The normalized spacial score (nSPS) is 12.0. The minimum absolute atomic E-state index is 0.0633. The lowest BCUT2D eigenvalue weighted by atomic mass is 9.92. The maximum atomic E-state index is 15.1. The van der Waals surface area contributed by atoms with E-state index in [1.165, 1.54) is 12.1 Å². The molecule has 0 fully saturated rings. The van der Waals surface area contributed by atoms with Crippen LogP contribution in [0.4, 0.5) is 26.3 Å². The molecule has 2 aromatic heterocycles. The SMILES string of the molecule is N#Cc1cc(-n2c3ccccc3c3cc(C#N)ccc32)c(-c2ccc(C(F)(F)F)cc2C(F)(F)F)c(-n2c3ccccc3c3cc(C#N)ccc32)c1. The fourth-order valence-corrected chi connectivity index (χ4v) is 7.08. The molecular formula is C41H19F6N5. The van der Waals surface area contributed by atoms with Gasteiger partial charge >= 0.3 is 12.4 Å². The molecule has 0 amide bonds. The summed E-state index contributed by atoms with van der Waals surface area (Å²) in [6, 6.07) is 34.5. The highest BCUT2D eigenvalue weighted by Crippen LogP contribution is 2.47. The minimum Gasteiger partial charge on any atom is -0.308 e. The van der Waals surface area contributed by atoms with Crippen LogP contribution >= 0.6 is 0 Å². The van der Waals surface area contributed by atoms with Crippen LogP contribution in [0.15, 0.2) is 115 Å². The molecule has 5 nitrogen and oxygen atoms in total. The monoisotopic (exact) mass is 695 g/mol. The maximum Gasteiger partial charge on any atom is 0.417 e. The van der Waals surface area contributed by atoms with Gasteiger partial charge in [0, 0.05) is 27.1 Å². The van der Waals surface area contributed by atoms with Crippen molar-refractivity contribution in [3.05, 3.63) is 143 Å². The number of halogens is 6. The molecule has 0 aliphatic heterocycles. The molecule has 0 saturated carbocycles.